The van der Waals surface area contributed by atoms with Crippen LogP contribution in [0.4, 0.5) is 5.82 Å². The van der Waals surface area contributed by atoms with Crippen molar-refractivity contribution in [3.8, 4) is 22.9 Å². The first kappa shape index (κ1) is 26.5. The van der Waals surface area contributed by atoms with E-state index in [-0.39, 0.29) is 11.9 Å². The van der Waals surface area contributed by atoms with Gasteiger partial charge in [0, 0.05) is 37.5 Å². The number of hydrogen-bond donors (Lipinski definition) is 1. The number of benzene rings is 3. The lowest BCUT2D eigenvalue weighted by Crippen LogP contribution is -2.42. The highest BCUT2D eigenvalue weighted by Crippen LogP contribution is 2.31. The van der Waals surface area contributed by atoms with E-state index in [4.69, 9.17) is 9.72 Å². The van der Waals surface area contributed by atoms with Gasteiger partial charge in [0.2, 0.25) is 0 Å². The highest BCUT2D eigenvalue weighted by molar-refractivity contribution is 6.08. The number of carbonyl (C=O) groups excluding carboxylic acids is 1. The number of nitrogens with one attached hydrogen (secondary N) is 1. The molecule has 4 aromatic rings. The summed E-state index contributed by atoms with van der Waals surface area (Å²) in [7, 11) is 0. The molecule has 0 unspecified atom stereocenters. The molecule has 3 aromatic carbocycles. The van der Waals surface area contributed by atoms with Crippen LogP contribution in [0.15, 0.2) is 66.7 Å². The Hall–Kier alpha value is -4.41. The van der Waals surface area contributed by atoms with Crippen LogP contribution in [0.2, 0.25) is 0 Å². The van der Waals surface area contributed by atoms with Crippen LogP contribution in [-0.2, 0) is 13.0 Å². The Kier molecular flexibility index (Phi) is 7.23. The number of amides is 1. The first-order valence-corrected chi connectivity index (χ1v) is 15.1. The van der Waals surface area contributed by atoms with Crippen LogP contribution >= 0.6 is 0 Å². The summed E-state index contributed by atoms with van der Waals surface area (Å²) in [5.74, 6) is 1.76. The summed E-state index contributed by atoms with van der Waals surface area (Å²) in [6, 6.07) is 24.4. The third kappa shape index (κ3) is 5.31. The molecule has 0 spiro atoms. The van der Waals surface area contributed by atoms with Crippen molar-refractivity contribution in [2.75, 3.05) is 38.1 Å². The number of hydrogen-bond acceptors (Lipinski definition) is 6. The SMILES string of the molecule is N#Cc1ccc(-c2ccc3nc(NCc4ccc5c(c4)CCO5)cc(C(=O)N4CCC[C@H]4CN4CCCC4)c3c2)cc1. The molecular weight excluding hydrogens is 522 g/mol. The van der Waals surface area contributed by atoms with Gasteiger partial charge in [0.25, 0.3) is 5.91 Å². The third-order valence-corrected chi connectivity index (χ3v) is 8.92. The van der Waals surface area contributed by atoms with Gasteiger partial charge in [0.05, 0.1) is 29.3 Å². The predicted molar refractivity (Wildman–Crippen MR) is 165 cm³/mol. The van der Waals surface area contributed by atoms with Crippen molar-refractivity contribution in [2.45, 2.75) is 44.7 Å². The lowest BCUT2D eigenvalue weighted by atomic mass is 9.99. The molecule has 0 bridgehead atoms. The largest absolute Gasteiger partial charge is 0.493 e. The second-order valence-corrected chi connectivity index (χ2v) is 11.7. The molecule has 4 heterocycles. The van der Waals surface area contributed by atoms with Crippen LogP contribution in [0.3, 0.4) is 0 Å². The quantitative estimate of drug-likeness (QED) is 0.299. The van der Waals surface area contributed by atoms with Gasteiger partial charge in [-0.2, -0.15) is 5.26 Å². The smallest absolute Gasteiger partial charge is 0.254 e. The van der Waals surface area contributed by atoms with E-state index in [0.29, 0.717) is 23.5 Å². The molecule has 42 heavy (non-hydrogen) atoms. The highest BCUT2D eigenvalue weighted by Gasteiger charge is 2.32. The molecule has 212 valence electrons. The van der Waals surface area contributed by atoms with E-state index in [1.165, 1.54) is 18.4 Å². The lowest BCUT2D eigenvalue weighted by Gasteiger charge is -2.29. The van der Waals surface area contributed by atoms with Crippen molar-refractivity contribution in [3.63, 3.8) is 0 Å². The van der Waals surface area contributed by atoms with Crippen LogP contribution in [0, 0.1) is 11.3 Å². The lowest BCUT2D eigenvalue weighted by molar-refractivity contribution is 0.0710. The molecule has 7 heteroatoms. The van der Waals surface area contributed by atoms with Crippen LogP contribution in [0.25, 0.3) is 22.0 Å². The first-order chi connectivity index (χ1) is 20.6. The molecule has 3 aliphatic heterocycles. The van der Waals surface area contributed by atoms with E-state index < -0.39 is 0 Å². The normalized spacial score (nSPS) is 18.2. The Balaban J connectivity index is 1.23. The fourth-order valence-electron chi connectivity index (χ4n) is 6.66. The molecule has 0 radical (unpaired) electrons. The van der Waals surface area contributed by atoms with Crippen LogP contribution < -0.4 is 10.1 Å². The summed E-state index contributed by atoms with van der Waals surface area (Å²) >= 11 is 0. The van der Waals surface area contributed by atoms with Crippen LogP contribution in [-0.4, -0.2) is 59.5 Å². The van der Waals surface area contributed by atoms with Crippen molar-refractivity contribution in [1.82, 2.24) is 14.8 Å². The third-order valence-electron chi connectivity index (χ3n) is 8.92. The second-order valence-electron chi connectivity index (χ2n) is 11.7. The van der Waals surface area contributed by atoms with Gasteiger partial charge in [-0.15, -0.1) is 0 Å². The maximum absolute atomic E-state index is 14.3. The molecule has 1 N–H and O–H groups in total. The number of anilines is 1. The topological polar surface area (TPSA) is 81.5 Å². The summed E-state index contributed by atoms with van der Waals surface area (Å²) < 4.78 is 5.67. The van der Waals surface area contributed by atoms with Gasteiger partial charge < -0.3 is 19.9 Å². The number of carbonyl (C=O) groups is 1. The summed E-state index contributed by atoms with van der Waals surface area (Å²) in [4.78, 5) is 23.9. The van der Waals surface area contributed by atoms with Gasteiger partial charge >= 0.3 is 0 Å². The highest BCUT2D eigenvalue weighted by atomic mass is 16.5. The number of aromatic nitrogens is 1. The minimum Gasteiger partial charge on any atom is -0.493 e. The molecule has 0 saturated carbocycles. The number of nitriles is 1. The number of rotatable bonds is 7. The first-order valence-electron chi connectivity index (χ1n) is 15.1. The maximum Gasteiger partial charge on any atom is 0.254 e. The number of pyridine rings is 1. The molecule has 7 nitrogen and oxygen atoms in total. The standard InChI is InChI=1S/C35H35N5O2/c36-21-24-5-8-26(9-6-24)27-10-11-32-30(19-27)31(35(41)40-16-3-4-29(40)23-39-14-1-2-15-39)20-34(38-32)37-22-25-7-12-33-28(18-25)13-17-42-33/h5-12,18-20,29H,1-4,13-17,22-23H2,(H,37,38)/t29-/m0/s1. The Labute approximate surface area is 246 Å². The molecule has 1 atom stereocenters. The average Bonchev–Trinajstić information content (AvgIpc) is 3.82. The van der Waals surface area contributed by atoms with Crippen molar-refractivity contribution in [1.29, 1.82) is 5.26 Å². The Morgan fingerprint density at radius 1 is 0.976 bits per heavy atom. The van der Waals surface area contributed by atoms with Gasteiger partial charge in [-0.05, 0) is 97.4 Å². The van der Waals surface area contributed by atoms with Crippen LogP contribution in [0.1, 0.15) is 52.7 Å². The zero-order valence-corrected chi connectivity index (χ0v) is 23.8. The second kappa shape index (κ2) is 11.5. The zero-order valence-electron chi connectivity index (χ0n) is 23.8. The number of ether oxygens (including phenoxy) is 1. The summed E-state index contributed by atoms with van der Waals surface area (Å²) in [5.41, 5.74) is 6.51. The van der Waals surface area contributed by atoms with E-state index in [1.807, 2.05) is 48.5 Å². The molecule has 7 rings (SSSR count). The minimum absolute atomic E-state index is 0.0822. The molecule has 3 aliphatic rings. The van der Waals surface area contributed by atoms with Crippen molar-refractivity contribution in [3.05, 3.63) is 89.0 Å². The van der Waals surface area contributed by atoms with E-state index in [2.05, 4.69) is 39.4 Å². The monoisotopic (exact) mass is 557 g/mol. The summed E-state index contributed by atoms with van der Waals surface area (Å²) in [6.07, 6.45) is 5.53. The molecular formula is C35H35N5O2. The number of fused-ring (bicyclic) bond motifs is 2. The number of nitrogens with zero attached hydrogens (tertiary/aromatic N) is 4. The fraction of sp³-hybridized carbons (Fsp3) is 0.343. The van der Waals surface area contributed by atoms with E-state index in [1.54, 1.807) is 0 Å². The van der Waals surface area contributed by atoms with Crippen molar-refractivity contribution < 1.29 is 9.53 Å². The Morgan fingerprint density at radius 2 is 1.81 bits per heavy atom. The van der Waals surface area contributed by atoms with Gasteiger partial charge in [-0.3, -0.25) is 4.79 Å². The molecule has 1 aromatic heterocycles. The van der Waals surface area contributed by atoms with E-state index in [9.17, 15) is 10.1 Å². The van der Waals surface area contributed by atoms with E-state index >= 15 is 0 Å². The Morgan fingerprint density at radius 3 is 2.64 bits per heavy atom. The predicted octanol–water partition coefficient (Wildman–Crippen LogP) is 6.02. The van der Waals surface area contributed by atoms with Gasteiger partial charge in [-0.25, -0.2) is 4.98 Å². The maximum atomic E-state index is 14.3. The van der Waals surface area contributed by atoms with Gasteiger partial charge in [0.1, 0.15) is 11.6 Å². The van der Waals surface area contributed by atoms with Crippen LogP contribution in [0.5, 0.6) is 5.75 Å². The fourth-order valence-corrected chi connectivity index (χ4v) is 6.66. The summed E-state index contributed by atoms with van der Waals surface area (Å²) in [5, 5.41) is 13.6. The zero-order chi connectivity index (χ0) is 28.5. The van der Waals surface area contributed by atoms with Crippen molar-refractivity contribution >= 4 is 22.6 Å². The number of likely N-dealkylation sites (tertiary alicyclic amines) is 2. The molecule has 1 amide bonds. The van der Waals surface area contributed by atoms with E-state index in [0.717, 1.165) is 85.4 Å². The van der Waals surface area contributed by atoms with Gasteiger partial charge in [-0.1, -0.05) is 30.3 Å². The molecule has 0 aliphatic carbocycles. The summed E-state index contributed by atoms with van der Waals surface area (Å²) in [6.45, 7) is 5.36. The minimum atomic E-state index is 0.0822. The molecule has 2 saturated heterocycles. The Bertz CT molecular complexity index is 1670. The average molecular weight is 558 g/mol. The molecule has 2 fully saturated rings. The van der Waals surface area contributed by atoms with Gasteiger partial charge in [0.15, 0.2) is 0 Å². The van der Waals surface area contributed by atoms with Crippen molar-refractivity contribution in [2.24, 2.45) is 0 Å².